The molecule has 1 heterocycles. The normalized spacial score (nSPS) is 10.3. The van der Waals surface area contributed by atoms with Crippen molar-refractivity contribution in [2.75, 3.05) is 5.32 Å². The first kappa shape index (κ1) is 17.2. The summed E-state index contributed by atoms with van der Waals surface area (Å²) in [6.45, 7) is 0.484. The van der Waals surface area contributed by atoms with Crippen LogP contribution in [0.15, 0.2) is 59.2 Å². The maximum Gasteiger partial charge on any atom is 0.256 e. The van der Waals surface area contributed by atoms with Crippen LogP contribution in [0.5, 0.6) is 0 Å². The lowest BCUT2D eigenvalue weighted by atomic mass is 10.1. The number of carbonyl (C=O) groups excluding carboxylic acids is 1. The minimum atomic E-state index is -0.333. The van der Waals surface area contributed by atoms with Crippen LogP contribution in [0.2, 0.25) is 5.02 Å². The van der Waals surface area contributed by atoms with Crippen LogP contribution in [0.4, 0.5) is 5.82 Å². The fourth-order valence-electron chi connectivity index (χ4n) is 2.27. The summed E-state index contributed by atoms with van der Waals surface area (Å²) in [6.07, 6.45) is 1.77. The topological polar surface area (TPSA) is 70.7 Å². The first-order valence-corrected chi connectivity index (χ1v) is 8.52. The van der Waals surface area contributed by atoms with Crippen LogP contribution in [0.1, 0.15) is 21.5 Å². The molecule has 0 fully saturated rings. The lowest BCUT2D eigenvalue weighted by Gasteiger charge is -2.05. The van der Waals surface area contributed by atoms with Crippen LogP contribution in [0, 0.1) is 11.3 Å². The highest BCUT2D eigenvalue weighted by molar-refractivity contribution is 9.10. The molecule has 0 bridgehead atoms. The van der Waals surface area contributed by atoms with Gasteiger partial charge in [0.2, 0.25) is 0 Å². The maximum atomic E-state index is 12.3. The van der Waals surface area contributed by atoms with Crippen LogP contribution in [0.3, 0.4) is 0 Å². The van der Waals surface area contributed by atoms with E-state index in [9.17, 15) is 4.79 Å². The number of benzene rings is 2. The predicted molar refractivity (Wildman–Crippen MR) is 99.6 cm³/mol. The maximum absolute atomic E-state index is 12.3. The van der Waals surface area contributed by atoms with Crippen LogP contribution < -0.4 is 5.32 Å². The van der Waals surface area contributed by atoms with Crippen molar-refractivity contribution in [1.82, 2.24) is 9.78 Å². The van der Waals surface area contributed by atoms with Gasteiger partial charge in [0, 0.05) is 16.8 Å². The number of rotatable bonds is 4. The Labute approximate surface area is 158 Å². The zero-order valence-electron chi connectivity index (χ0n) is 12.9. The van der Waals surface area contributed by atoms with E-state index in [1.807, 2.05) is 30.3 Å². The molecule has 0 saturated carbocycles. The summed E-state index contributed by atoms with van der Waals surface area (Å²) in [6, 6.07) is 16.0. The molecule has 1 aromatic heterocycles. The number of nitriles is 1. The Morgan fingerprint density at radius 3 is 2.84 bits per heavy atom. The SMILES string of the molecule is N#Cc1cccc(C(=O)Nc2nn(Cc3ccccc3Cl)cc2Br)c1. The second-order valence-electron chi connectivity index (χ2n) is 5.26. The molecule has 0 unspecified atom stereocenters. The molecule has 25 heavy (non-hydrogen) atoms. The van der Waals surface area contributed by atoms with Crippen molar-refractivity contribution in [3.63, 3.8) is 0 Å². The highest BCUT2D eigenvalue weighted by Gasteiger charge is 2.13. The number of carbonyl (C=O) groups is 1. The summed E-state index contributed by atoms with van der Waals surface area (Å²) >= 11 is 9.56. The summed E-state index contributed by atoms with van der Waals surface area (Å²) in [5, 5.41) is 16.7. The van der Waals surface area contributed by atoms with Crippen molar-refractivity contribution in [3.05, 3.63) is 80.9 Å². The summed E-state index contributed by atoms with van der Waals surface area (Å²) in [5.74, 6) is 0.0696. The number of nitrogens with zero attached hydrogens (tertiary/aromatic N) is 3. The number of amides is 1. The molecule has 1 amide bonds. The minimum absolute atomic E-state index is 0.333. The number of nitrogens with one attached hydrogen (secondary N) is 1. The monoisotopic (exact) mass is 414 g/mol. The van der Waals surface area contributed by atoms with Crippen LogP contribution in [-0.2, 0) is 6.54 Å². The molecular weight excluding hydrogens is 404 g/mol. The van der Waals surface area contributed by atoms with Gasteiger partial charge in [0.1, 0.15) is 0 Å². The Morgan fingerprint density at radius 1 is 1.28 bits per heavy atom. The predicted octanol–water partition coefficient (Wildman–Crippen LogP) is 4.47. The number of aromatic nitrogens is 2. The zero-order valence-corrected chi connectivity index (χ0v) is 15.3. The first-order valence-electron chi connectivity index (χ1n) is 7.34. The van der Waals surface area contributed by atoms with Crippen LogP contribution in [0.25, 0.3) is 0 Å². The van der Waals surface area contributed by atoms with E-state index in [4.69, 9.17) is 16.9 Å². The van der Waals surface area contributed by atoms with E-state index in [0.29, 0.717) is 33.0 Å². The molecule has 0 atom stereocenters. The summed E-state index contributed by atoms with van der Waals surface area (Å²) in [5.41, 5.74) is 1.75. The van der Waals surface area contributed by atoms with E-state index < -0.39 is 0 Å². The van der Waals surface area contributed by atoms with Gasteiger partial charge in [-0.25, -0.2) is 0 Å². The summed E-state index contributed by atoms with van der Waals surface area (Å²) in [4.78, 5) is 12.3. The van der Waals surface area contributed by atoms with Gasteiger partial charge in [-0.15, -0.1) is 0 Å². The van der Waals surface area contributed by atoms with Crippen molar-refractivity contribution in [1.29, 1.82) is 5.26 Å². The van der Waals surface area contributed by atoms with Crippen molar-refractivity contribution in [3.8, 4) is 6.07 Å². The number of anilines is 1. The molecule has 3 rings (SSSR count). The highest BCUT2D eigenvalue weighted by Crippen LogP contribution is 2.23. The Kier molecular flexibility index (Phi) is 5.17. The lowest BCUT2D eigenvalue weighted by molar-refractivity contribution is 0.102. The van der Waals surface area contributed by atoms with Crippen LogP contribution >= 0.6 is 27.5 Å². The third-order valence-electron chi connectivity index (χ3n) is 3.49. The second kappa shape index (κ2) is 7.51. The molecule has 2 aromatic carbocycles. The smallest absolute Gasteiger partial charge is 0.256 e. The van der Waals surface area contributed by atoms with Crippen molar-refractivity contribution in [2.45, 2.75) is 6.54 Å². The molecule has 1 N–H and O–H groups in total. The molecule has 5 nitrogen and oxygen atoms in total. The van der Waals surface area contributed by atoms with Gasteiger partial charge in [-0.1, -0.05) is 35.9 Å². The van der Waals surface area contributed by atoms with Crippen molar-refractivity contribution < 1.29 is 4.79 Å². The molecule has 0 aliphatic heterocycles. The lowest BCUT2D eigenvalue weighted by Crippen LogP contribution is -2.13. The van der Waals surface area contributed by atoms with E-state index in [0.717, 1.165) is 5.56 Å². The first-order chi connectivity index (χ1) is 12.1. The van der Waals surface area contributed by atoms with Gasteiger partial charge in [0.25, 0.3) is 5.91 Å². The minimum Gasteiger partial charge on any atom is -0.304 e. The summed E-state index contributed by atoms with van der Waals surface area (Å²) < 4.78 is 2.34. The van der Waals surface area contributed by atoms with E-state index in [2.05, 4.69) is 26.3 Å². The van der Waals surface area contributed by atoms with Gasteiger partial charge in [0.05, 0.1) is 22.7 Å². The molecule has 7 heteroatoms. The molecule has 124 valence electrons. The number of halogens is 2. The zero-order chi connectivity index (χ0) is 17.8. The van der Waals surface area contributed by atoms with Gasteiger partial charge >= 0.3 is 0 Å². The van der Waals surface area contributed by atoms with Gasteiger partial charge < -0.3 is 5.32 Å². The average molecular weight is 416 g/mol. The van der Waals surface area contributed by atoms with E-state index in [-0.39, 0.29) is 5.91 Å². The molecule has 3 aromatic rings. The Bertz CT molecular complexity index is 977. The Hall–Kier alpha value is -2.62. The Morgan fingerprint density at radius 2 is 2.08 bits per heavy atom. The largest absolute Gasteiger partial charge is 0.304 e. The molecule has 0 spiro atoms. The fraction of sp³-hybridized carbons (Fsp3) is 0.0556. The standard InChI is InChI=1S/C18H12BrClN4O/c19-15-11-24(10-14-5-1-2-7-16(14)20)23-17(15)22-18(25)13-6-3-4-12(8-13)9-21/h1-8,11H,10H2,(H,22,23,25). The van der Waals surface area contributed by atoms with E-state index in [1.165, 1.54) is 6.07 Å². The molecular formula is C18H12BrClN4O. The second-order valence-corrected chi connectivity index (χ2v) is 6.52. The van der Waals surface area contributed by atoms with E-state index >= 15 is 0 Å². The number of hydrogen-bond acceptors (Lipinski definition) is 3. The molecule has 0 saturated heterocycles. The Balaban J connectivity index is 1.77. The van der Waals surface area contributed by atoms with Gasteiger partial charge in [0.15, 0.2) is 5.82 Å². The molecule has 0 aliphatic carbocycles. The third-order valence-corrected chi connectivity index (χ3v) is 4.44. The highest BCUT2D eigenvalue weighted by atomic mass is 79.9. The fourth-order valence-corrected chi connectivity index (χ4v) is 2.88. The van der Waals surface area contributed by atoms with Crippen molar-refractivity contribution >= 4 is 39.3 Å². The van der Waals surface area contributed by atoms with Gasteiger partial charge in [-0.05, 0) is 45.8 Å². The van der Waals surface area contributed by atoms with Gasteiger partial charge in [-0.2, -0.15) is 10.4 Å². The molecule has 0 radical (unpaired) electrons. The molecule has 0 aliphatic rings. The van der Waals surface area contributed by atoms with Gasteiger partial charge in [-0.3, -0.25) is 9.48 Å². The van der Waals surface area contributed by atoms with Crippen LogP contribution in [-0.4, -0.2) is 15.7 Å². The average Bonchev–Trinajstić information content (AvgIpc) is 2.96. The quantitative estimate of drug-likeness (QED) is 0.683. The number of hydrogen-bond donors (Lipinski definition) is 1. The van der Waals surface area contributed by atoms with Crippen molar-refractivity contribution in [2.24, 2.45) is 0 Å². The third kappa shape index (κ3) is 4.08. The summed E-state index contributed by atoms with van der Waals surface area (Å²) in [7, 11) is 0. The van der Waals surface area contributed by atoms with E-state index in [1.54, 1.807) is 29.1 Å².